The maximum atomic E-state index is 12.3. The lowest BCUT2D eigenvalue weighted by molar-refractivity contribution is 0.578. The van der Waals surface area contributed by atoms with Gasteiger partial charge in [-0.05, 0) is 15.9 Å². The predicted molar refractivity (Wildman–Crippen MR) is 91.7 cm³/mol. The molecule has 1 atom stereocenters. The zero-order chi connectivity index (χ0) is 15.6. The minimum Gasteiger partial charge on any atom is -0.338 e. The standard InChI is InChI=1S/C13H20BrN3O2S2/c1-4-21(18,19)12-8-20-6-5-17(12)11-7-10(14)15-13(16-11)9(2)3/h7,9,12H,4-6,8H2,1-3H3. The van der Waals surface area contributed by atoms with Gasteiger partial charge in [-0.1, -0.05) is 20.8 Å². The molecule has 0 aromatic carbocycles. The molecule has 1 aromatic rings. The van der Waals surface area contributed by atoms with E-state index in [4.69, 9.17) is 0 Å². The molecule has 118 valence electrons. The van der Waals surface area contributed by atoms with E-state index in [1.807, 2.05) is 18.7 Å². The van der Waals surface area contributed by atoms with Crippen molar-refractivity contribution in [2.24, 2.45) is 0 Å². The fourth-order valence-electron chi connectivity index (χ4n) is 2.16. The van der Waals surface area contributed by atoms with Crippen molar-refractivity contribution in [3.05, 3.63) is 16.5 Å². The van der Waals surface area contributed by atoms with Gasteiger partial charge in [-0.15, -0.1) is 0 Å². The van der Waals surface area contributed by atoms with Crippen molar-refractivity contribution < 1.29 is 8.42 Å². The Morgan fingerprint density at radius 1 is 1.48 bits per heavy atom. The lowest BCUT2D eigenvalue weighted by Crippen LogP contribution is -2.48. The number of anilines is 1. The highest BCUT2D eigenvalue weighted by molar-refractivity contribution is 9.10. The maximum absolute atomic E-state index is 12.3. The molecule has 0 radical (unpaired) electrons. The molecule has 1 aromatic heterocycles. The van der Waals surface area contributed by atoms with Crippen LogP contribution in [0.3, 0.4) is 0 Å². The second-order valence-electron chi connectivity index (χ2n) is 5.24. The highest BCUT2D eigenvalue weighted by Gasteiger charge is 2.34. The molecule has 5 nitrogen and oxygen atoms in total. The molecule has 8 heteroatoms. The SMILES string of the molecule is CCS(=O)(=O)C1CSCCN1c1cc(Br)nc(C(C)C)n1. The van der Waals surface area contributed by atoms with Crippen LogP contribution in [-0.4, -0.2) is 47.6 Å². The molecular formula is C13H20BrN3O2S2. The Bertz CT molecular complexity index is 607. The van der Waals surface area contributed by atoms with Gasteiger partial charge in [-0.2, -0.15) is 11.8 Å². The maximum Gasteiger partial charge on any atom is 0.171 e. The number of sulfone groups is 1. The van der Waals surface area contributed by atoms with E-state index in [9.17, 15) is 8.42 Å². The van der Waals surface area contributed by atoms with E-state index in [-0.39, 0.29) is 11.7 Å². The van der Waals surface area contributed by atoms with Crippen molar-refractivity contribution in [1.29, 1.82) is 0 Å². The topological polar surface area (TPSA) is 63.2 Å². The third-order valence-electron chi connectivity index (χ3n) is 3.41. The molecule has 0 bridgehead atoms. The van der Waals surface area contributed by atoms with Gasteiger partial charge in [0.05, 0.1) is 0 Å². The van der Waals surface area contributed by atoms with E-state index >= 15 is 0 Å². The summed E-state index contributed by atoms with van der Waals surface area (Å²) in [5.74, 6) is 3.27. The van der Waals surface area contributed by atoms with Crippen LogP contribution < -0.4 is 4.90 Å². The summed E-state index contributed by atoms with van der Waals surface area (Å²) in [6.45, 7) is 6.44. The Morgan fingerprint density at radius 3 is 2.81 bits per heavy atom. The molecule has 0 aliphatic carbocycles. The summed E-state index contributed by atoms with van der Waals surface area (Å²) >= 11 is 5.09. The van der Waals surface area contributed by atoms with E-state index < -0.39 is 15.2 Å². The van der Waals surface area contributed by atoms with Gasteiger partial charge in [0, 0.05) is 35.8 Å². The molecular weight excluding hydrogens is 374 g/mol. The molecule has 21 heavy (non-hydrogen) atoms. The molecule has 2 rings (SSSR count). The zero-order valence-corrected chi connectivity index (χ0v) is 15.6. The largest absolute Gasteiger partial charge is 0.338 e. The molecule has 2 heterocycles. The van der Waals surface area contributed by atoms with Crippen LogP contribution in [-0.2, 0) is 9.84 Å². The van der Waals surface area contributed by atoms with E-state index in [2.05, 4.69) is 25.9 Å². The van der Waals surface area contributed by atoms with E-state index in [0.717, 1.165) is 11.6 Å². The molecule has 1 saturated heterocycles. The molecule has 1 aliphatic heterocycles. The van der Waals surface area contributed by atoms with Crippen molar-refractivity contribution in [2.45, 2.75) is 32.1 Å². The first-order chi connectivity index (χ1) is 9.85. The van der Waals surface area contributed by atoms with Crippen LogP contribution in [0.2, 0.25) is 0 Å². The fraction of sp³-hybridized carbons (Fsp3) is 0.692. The molecule has 0 saturated carbocycles. The van der Waals surface area contributed by atoms with Crippen molar-refractivity contribution in [3.63, 3.8) is 0 Å². The normalized spacial score (nSPS) is 20.0. The van der Waals surface area contributed by atoms with E-state index in [1.165, 1.54) is 0 Å². The molecule has 0 amide bonds. The lowest BCUT2D eigenvalue weighted by Gasteiger charge is -2.35. The summed E-state index contributed by atoms with van der Waals surface area (Å²) in [6, 6.07) is 1.81. The first-order valence-electron chi connectivity index (χ1n) is 6.95. The number of thioether (sulfide) groups is 1. The van der Waals surface area contributed by atoms with Crippen molar-refractivity contribution in [3.8, 4) is 0 Å². The molecule has 1 fully saturated rings. The lowest BCUT2D eigenvalue weighted by atomic mass is 10.2. The average Bonchev–Trinajstić information content (AvgIpc) is 2.46. The Morgan fingerprint density at radius 2 is 2.19 bits per heavy atom. The van der Waals surface area contributed by atoms with E-state index in [1.54, 1.807) is 24.8 Å². The van der Waals surface area contributed by atoms with Crippen LogP contribution >= 0.6 is 27.7 Å². The summed E-state index contributed by atoms with van der Waals surface area (Å²) in [4.78, 5) is 10.8. The average molecular weight is 394 g/mol. The number of nitrogens with zero attached hydrogens (tertiary/aromatic N) is 3. The van der Waals surface area contributed by atoms with Gasteiger partial charge >= 0.3 is 0 Å². The molecule has 0 spiro atoms. The second kappa shape index (κ2) is 6.83. The predicted octanol–water partition coefficient (Wildman–Crippen LogP) is 2.68. The monoisotopic (exact) mass is 393 g/mol. The second-order valence-corrected chi connectivity index (χ2v) is 9.65. The van der Waals surface area contributed by atoms with Gasteiger partial charge in [0.2, 0.25) is 0 Å². The van der Waals surface area contributed by atoms with Crippen molar-refractivity contribution in [2.75, 3.05) is 28.7 Å². The number of hydrogen-bond donors (Lipinski definition) is 0. The van der Waals surface area contributed by atoms with Gasteiger partial charge in [0.1, 0.15) is 21.6 Å². The highest BCUT2D eigenvalue weighted by atomic mass is 79.9. The quantitative estimate of drug-likeness (QED) is 0.732. The summed E-state index contributed by atoms with van der Waals surface area (Å²) in [6.07, 6.45) is 0. The van der Waals surface area contributed by atoms with Gasteiger partial charge in [-0.3, -0.25) is 0 Å². The smallest absolute Gasteiger partial charge is 0.171 e. The van der Waals surface area contributed by atoms with Crippen molar-refractivity contribution >= 4 is 43.3 Å². The Kier molecular flexibility index (Phi) is 5.54. The van der Waals surface area contributed by atoms with Crippen LogP contribution in [0, 0.1) is 0 Å². The minimum absolute atomic E-state index is 0.151. The van der Waals surface area contributed by atoms with Crippen LogP contribution in [0.5, 0.6) is 0 Å². The summed E-state index contributed by atoms with van der Waals surface area (Å²) < 4.78 is 25.4. The molecule has 1 unspecified atom stereocenters. The number of rotatable bonds is 4. The molecule has 1 aliphatic rings. The summed E-state index contributed by atoms with van der Waals surface area (Å²) in [7, 11) is -3.14. The van der Waals surface area contributed by atoms with Crippen LogP contribution in [0.15, 0.2) is 10.7 Å². The fourth-order valence-corrected chi connectivity index (χ4v) is 5.53. The van der Waals surface area contributed by atoms with Gasteiger partial charge < -0.3 is 4.90 Å². The number of aromatic nitrogens is 2. The summed E-state index contributed by atoms with van der Waals surface area (Å²) in [5, 5.41) is -0.497. The first kappa shape index (κ1) is 17.0. The van der Waals surface area contributed by atoms with Crippen molar-refractivity contribution in [1.82, 2.24) is 9.97 Å². The number of halogens is 1. The van der Waals surface area contributed by atoms with Gasteiger partial charge in [-0.25, -0.2) is 18.4 Å². The molecule has 0 N–H and O–H groups in total. The third kappa shape index (κ3) is 3.90. The zero-order valence-electron chi connectivity index (χ0n) is 12.4. The third-order valence-corrected chi connectivity index (χ3v) is 7.11. The Labute approximate surface area is 139 Å². The Hall–Kier alpha value is -0.340. The van der Waals surface area contributed by atoms with Crippen LogP contribution in [0.4, 0.5) is 5.82 Å². The van der Waals surface area contributed by atoms with E-state index in [0.29, 0.717) is 22.7 Å². The van der Waals surface area contributed by atoms with Gasteiger partial charge in [0.25, 0.3) is 0 Å². The summed E-state index contributed by atoms with van der Waals surface area (Å²) in [5.41, 5.74) is 0. The van der Waals surface area contributed by atoms with Gasteiger partial charge in [0.15, 0.2) is 9.84 Å². The Balaban J connectivity index is 2.42. The number of hydrogen-bond acceptors (Lipinski definition) is 6. The highest BCUT2D eigenvalue weighted by Crippen LogP contribution is 2.28. The minimum atomic E-state index is -3.14. The first-order valence-corrected chi connectivity index (χ1v) is 10.6. The van der Waals surface area contributed by atoms with Crippen LogP contribution in [0.25, 0.3) is 0 Å². The van der Waals surface area contributed by atoms with Crippen LogP contribution in [0.1, 0.15) is 32.5 Å².